The molecule has 0 aliphatic heterocycles. The van der Waals surface area contributed by atoms with E-state index in [1.165, 1.54) is 12.1 Å². The summed E-state index contributed by atoms with van der Waals surface area (Å²) in [5.74, 6) is -1.39. The molecule has 0 unspecified atom stereocenters. The van der Waals surface area contributed by atoms with Crippen molar-refractivity contribution < 1.29 is 14.5 Å². The van der Waals surface area contributed by atoms with E-state index in [0.29, 0.717) is 0 Å². The Morgan fingerprint density at radius 1 is 1.32 bits per heavy atom. The lowest BCUT2D eigenvalue weighted by Crippen LogP contribution is -2.43. The Hall–Kier alpha value is -2.64. The van der Waals surface area contributed by atoms with E-state index >= 15 is 0 Å². The van der Waals surface area contributed by atoms with Crippen molar-refractivity contribution in [1.82, 2.24) is 10.9 Å². The summed E-state index contributed by atoms with van der Waals surface area (Å²) in [5.41, 5.74) is 9.66. The molecule has 0 heterocycles. The number of benzene rings is 1. The minimum atomic E-state index is -0.713. The summed E-state index contributed by atoms with van der Waals surface area (Å²) in [4.78, 5) is 33.0. The van der Waals surface area contributed by atoms with Gasteiger partial charge >= 0.3 is 0 Å². The van der Waals surface area contributed by atoms with E-state index in [1.807, 2.05) is 0 Å². The minimum absolute atomic E-state index is 0.0711. The van der Waals surface area contributed by atoms with Crippen molar-refractivity contribution in [2.45, 2.75) is 13.8 Å². The van der Waals surface area contributed by atoms with Crippen molar-refractivity contribution in [1.29, 1.82) is 0 Å². The van der Waals surface area contributed by atoms with Crippen LogP contribution in [0.3, 0.4) is 0 Å². The molecule has 8 nitrogen and oxygen atoms in total. The highest BCUT2D eigenvalue weighted by Crippen LogP contribution is 2.19. The average molecular weight is 266 g/mol. The second-order valence-electron chi connectivity index (χ2n) is 4.13. The summed E-state index contributed by atoms with van der Waals surface area (Å²) < 4.78 is 0. The van der Waals surface area contributed by atoms with E-state index in [2.05, 4.69) is 10.9 Å². The monoisotopic (exact) mass is 266 g/mol. The van der Waals surface area contributed by atoms with E-state index in [0.717, 1.165) is 6.07 Å². The molecule has 19 heavy (non-hydrogen) atoms. The van der Waals surface area contributed by atoms with E-state index in [9.17, 15) is 19.7 Å². The Morgan fingerprint density at radius 3 is 2.47 bits per heavy atom. The first kappa shape index (κ1) is 14.4. The molecule has 8 heteroatoms. The first-order valence-corrected chi connectivity index (χ1v) is 5.47. The van der Waals surface area contributed by atoms with Gasteiger partial charge in [0.15, 0.2) is 0 Å². The molecule has 0 aromatic heterocycles. The van der Waals surface area contributed by atoms with E-state index in [4.69, 9.17) is 5.73 Å². The average Bonchev–Trinajstić information content (AvgIpc) is 2.35. The molecule has 0 aliphatic rings. The molecular weight excluding hydrogens is 252 g/mol. The zero-order valence-corrected chi connectivity index (χ0v) is 10.5. The lowest BCUT2D eigenvalue weighted by Gasteiger charge is -2.10. The van der Waals surface area contributed by atoms with Gasteiger partial charge in [0.2, 0.25) is 5.91 Å². The summed E-state index contributed by atoms with van der Waals surface area (Å²) in [6, 6.07) is 3.50. The normalized spacial score (nSPS) is 10.1. The van der Waals surface area contributed by atoms with Gasteiger partial charge in [-0.2, -0.15) is 0 Å². The van der Waals surface area contributed by atoms with Crippen molar-refractivity contribution in [3.05, 3.63) is 33.9 Å². The zero-order valence-electron chi connectivity index (χ0n) is 10.5. The smallest absolute Gasteiger partial charge is 0.272 e. The number of carbonyl (C=O) groups excluding carboxylic acids is 2. The fourth-order valence-corrected chi connectivity index (χ4v) is 1.18. The highest BCUT2D eigenvalue weighted by molar-refractivity contribution is 6.00. The largest absolute Gasteiger partial charge is 0.398 e. The number of nitrogens with zero attached hydrogens (tertiary/aromatic N) is 1. The Balaban J connectivity index is 2.84. The van der Waals surface area contributed by atoms with Crippen LogP contribution in [0.15, 0.2) is 18.2 Å². The molecule has 2 amide bonds. The van der Waals surface area contributed by atoms with Gasteiger partial charge in [0.1, 0.15) is 0 Å². The van der Waals surface area contributed by atoms with Crippen LogP contribution in [0.25, 0.3) is 0 Å². The predicted molar refractivity (Wildman–Crippen MR) is 68.0 cm³/mol. The molecule has 1 aromatic rings. The molecule has 102 valence electrons. The van der Waals surface area contributed by atoms with Crippen LogP contribution in [0.1, 0.15) is 24.2 Å². The second-order valence-corrected chi connectivity index (χ2v) is 4.13. The van der Waals surface area contributed by atoms with Crippen LogP contribution in [0, 0.1) is 16.0 Å². The number of nitrogens with one attached hydrogen (secondary N) is 2. The molecule has 0 saturated carbocycles. The molecule has 1 rings (SSSR count). The van der Waals surface area contributed by atoms with E-state index in [1.54, 1.807) is 13.8 Å². The standard InChI is InChI=1S/C11H14N4O4/c1-6(2)10(16)13-14-11(17)8-5-7(15(18)19)3-4-9(8)12/h3-6H,12H2,1-2H3,(H,13,16)(H,14,17). The van der Waals surface area contributed by atoms with Crippen LogP contribution in [-0.2, 0) is 4.79 Å². The molecule has 0 atom stereocenters. The van der Waals surface area contributed by atoms with Crippen LogP contribution < -0.4 is 16.6 Å². The Morgan fingerprint density at radius 2 is 1.95 bits per heavy atom. The van der Waals surface area contributed by atoms with Gasteiger partial charge in [0.25, 0.3) is 11.6 Å². The summed E-state index contributed by atoms with van der Waals surface area (Å²) in [6.07, 6.45) is 0. The van der Waals surface area contributed by atoms with Gasteiger partial charge in [-0.1, -0.05) is 13.8 Å². The number of nitrogen functional groups attached to an aromatic ring is 1. The van der Waals surface area contributed by atoms with Gasteiger partial charge in [-0.05, 0) is 6.07 Å². The lowest BCUT2D eigenvalue weighted by atomic mass is 10.1. The number of carbonyl (C=O) groups is 2. The number of nitro benzene ring substituents is 1. The zero-order chi connectivity index (χ0) is 14.6. The second kappa shape index (κ2) is 5.80. The maximum absolute atomic E-state index is 11.7. The van der Waals surface area contributed by atoms with Crippen LogP contribution >= 0.6 is 0 Å². The van der Waals surface area contributed by atoms with Crippen LogP contribution in [0.4, 0.5) is 11.4 Å². The number of nitrogens with two attached hydrogens (primary N) is 1. The van der Waals surface area contributed by atoms with E-state index in [-0.39, 0.29) is 28.8 Å². The summed E-state index contributed by atoms with van der Waals surface area (Å²) in [5, 5.41) is 10.6. The SMILES string of the molecule is CC(C)C(=O)NNC(=O)c1cc([N+](=O)[O-])ccc1N. The Kier molecular flexibility index (Phi) is 4.41. The number of non-ortho nitro benzene ring substituents is 1. The fourth-order valence-electron chi connectivity index (χ4n) is 1.18. The third-order valence-corrected chi connectivity index (χ3v) is 2.32. The molecule has 0 radical (unpaired) electrons. The predicted octanol–water partition coefficient (Wildman–Crippen LogP) is 0.594. The minimum Gasteiger partial charge on any atom is -0.398 e. The number of amides is 2. The molecular formula is C11H14N4O4. The van der Waals surface area contributed by atoms with Crippen LogP contribution in [0.2, 0.25) is 0 Å². The molecule has 0 fully saturated rings. The van der Waals surface area contributed by atoms with Crippen molar-refractivity contribution in [2.75, 3.05) is 5.73 Å². The third kappa shape index (κ3) is 3.66. The summed E-state index contributed by atoms with van der Waals surface area (Å²) in [6.45, 7) is 3.31. The quantitative estimate of drug-likeness (QED) is 0.419. The highest BCUT2D eigenvalue weighted by Gasteiger charge is 2.16. The molecule has 0 spiro atoms. The third-order valence-electron chi connectivity index (χ3n) is 2.32. The van der Waals surface area contributed by atoms with Gasteiger partial charge in [-0.15, -0.1) is 0 Å². The van der Waals surface area contributed by atoms with Crippen LogP contribution in [0.5, 0.6) is 0 Å². The maximum atomic E-state index is 11.7. The van der Waals surface area contributed by atoms with Crippen molar-refractivity contribution >= 4 is 23.2 Å². The first-order chi connectivity index (χ1) is 8.82. The van der Waals surface area contributed by atoms with Gasteiger partial charge in [-0.25, -0.2) is 0 Å². The molecule has 0 saturated heterocycles. The molecule has 0 aliphatic carbocycles. The van der Waals surface area contributed by atoms with Crippen molar-refractivity contribution in [3.8, 4) is 0 Å². The first-order valence-electron chi connectivity index (χ1n) is 5.47. The van der Waals surface area contributed by atoms with Gasteiger partial charge in [-0.3, -0.25) is 30.6 Å². The number of hydrogen-bond acceptors (Lipinski definition) is 5. The van der Waals surface area contributed by atoms with Crippen molar-refractivity contribution in [2.24, 2.45) is 5.92 Å². The molecule has 4 N–H and O–H groups in total. The Labute approximate surface area is 109 Å². The molecule has 1 aromatic carbocycles. The van der Waals surface area contributed by atoms with Gasteiger partial charge in [0, 0.05) is 23.7 Å². The fraction of sp³-hybridized carbons (Fsp3) is 0.273. The van der Waals surface area contributed by atoms with Gasteiger partial charge < -0.3 is 5.73 Å². The topological polar surface area (TPSA) is 127 Å². The van der Waals surface area contributed by atoms with Crippen LogP contribution in [-0.4, -0.2) is 16.7 Å². The van der Waals surface area contributed by atoms with Crippen molar-refractivity contribution in [3.63, 3.8) is 0 Å². The lowest BCUT2D eigenvalue weighted by molar-refractivity contribution is -0.384. The Bertz CT molecular complexity index is 527. The number of hydrazine groups is 1. The number of hydrogen-bond donors (Lipinski definition) is 3. The number of nitro groups is 1. The number of rotatable bonds is 3. The van der Waals surface area contributed by atoms with Gasteiger partial charge in [0.05, 0.1) is 10.5 Å². The number of anilines is 1. The summed E-state index contributed by atoms with van der Waals surface area (Å²) >= 11 is 0. The summed E-state index contributed by atoms with van der Waals surface area (Å²) in [7, 11) is 0. The highest BCUT2D eigenvalue weighted by atomic mass is 16.6. The van der Waals surface area contributed by atoms with E-state index < -0.39 is 10.8 Å². The maximum Gasteiger partial charge on any atom is 0.272 e. The molecule has 0 bridgehead atoms.